The molecule has 7 nitrogen and oxygen atoms in total. The summed E-state index contributed by atoms with van der Waals surface area (Å²) >= 11 is 1.04. The summed E-state index contributed by atoms with van der Waals surface area (Å²) in [4.78, 5) is 40.0. The van der Waals surface area contributed by atoms with Crippen LogP contribution < -0.4 is 5.32 Å². The predicted molar refractivity (Wildman–Crippen MR) is 103 cm³/mol. The van der Waals surface area contributed by atoms with Crippen molar-refractivity contribution in [2.24, 2.45) is 0 Å². The summed E-state index contributed by atoms with van der Waals surface area (Å²) in [5.41, 5.74) is 1.31. The average molecular weight is 381 g/mol. The van der Waals surface area contributed by atoms with Crippen LogP contribution in [0.25, 0.3) is 11.3 Å². The lowest BCUT2D eigenvalue weighted by Gasteiger charge is -2.04. The summed E-state index contributed by atoms with van der Waals surface area (Å²) in [5.74, 6) is -0.817. The van der Waals surface area contributed by atoms with Crippen LogP contribution in [0.3, 0.4) is 0 Å². The molecule has 0 saturated heterocycles. The van der Waals surface area contributed by atoms with Crippen LogP contribution in [0.2, 0.25) is 0 Å². The van der Waals surface area contributed by atoms with Crippen molar-refractivity contribution < 1.29 is 14.5 Å². The number of aromatic nitrogens is 1. The molecule has 0 aliphatic heterocycles. The molecular formula is C19H15N3O4S. The topological polar surface area (TPSA) is 102 Å². The molecule has 1 amide bonds. The van der Waals surface area contributed by atoms with Gasteiger partial charge in [0, 0.05) is 18.1 Å². The number of nitrogens with zero attached hydrogens (tertiary/aromatic N) is 2. The van der Waals surface area contributed by atoms with E-state index in [0.717, 1.165) is 16.9 Å². The van der Waals surface area contributed by atoms with Crippen molar-refractivity contribution in [1.82, 2.24) is 4.98 Å². The Hall–Kier alpha value is -3.39. The van der Waals surface area contributed by atoms with E-state index in [1.165, 1.54) is 13.0 Å². The first kappa shape index (κ1) is 18.4. The van der Waals surface area contributed by atoms with Gasteiger partial charge in [-0.25, -0.2) is 4.98 Å². The summed E-state index contributed by atoms with van der Waals surface area (Å²) in [7, 11) is 0. The quantitative estimate of drug-likeness (QED) is 0.399. The van der Waals surface area contributed by atoms with E-state index in [1.807, 2.05) is 30.3 Å². The van der Waals surface area contributed by atoms with Crippen LogP contribution in [-0.2, 0) is 0 Å². The Labute approximate surface area is 158 Å². The second kappa shape index (κ2) is 7.46. The second-order valence-electron chi connectivity index (χ2n) is 5.80. The Morgan fingerprint density at radius 1 is 1.11 bits per heavy atom. The first-order chi connectivity index (χ1) is 12.9. The number of carbonyl (C=O) groups is 2. The van der Waals surface area contributed by atoms with Gasteiger partial charge in [-0.2, -0.15) is 0 Å². The Bertz CT molecular complexity index is 1040. The number of para-hydroxylation sites is 1. The van der Waals surface area contributed by atoms with Gasteiger partial charge in [0.1, 0.15) is 5.56 Å². The highest BCUT2D eigenvalue weighted by Crippen LogP contribution is 2.32. The van der Waals surface area contributed by atoms with Gasteiger partial charge < -0.3 is 0 Å². The van der Waals surface area contributed by atoms with Crippen molar-refractivity contribution in [3.8, 4) is 11.3 Å². The molecule has 1 heterocycles. The molecule has 136 valence electrons. The van der Waals surface area contributed by atoms with Gasteiger partial charge in [-0.1, -0.05) is 53.8 Å². The van der Waals surface area contributed by atoms with Crippen molar-refractivity contribution in [2.45, 2.75) is 13.8 Å². The number of hydrogen-bond donors (Lipinski definition) is 1. The maximum Gasteiger partial charge on any atom is 0.285 e. The number of hydrogen-bond acceptors (Lipinski definition) is 6. The number of Topliss-reactive ketones (excluding diaryl/α,β-unsaturated/α-hetero) is 1. The first-order valence-corrected chi connectivity index (χ1v) is 8.82. The van der Waals surface area contributed by atoms with Crippen LogP contribution in [0, 0.1) is 17.0 Å². The van der Waals surface area contributed by atoms with Crippen molar-refractivity contribution in [1.29, 1.82) is 0 Å². The number of anilines is 1. The molecule has 1 aromatic heterocycles. The number of benzene rings is 2. The van der Waals surface area contributed by atoms with E-state index in [2.05, 4.69) is 10.3 Å². The van der Waals surface area contributed by atoms with Crippen LogP contribution in [0.15, 0.2) is 48.5 Å². The monoisotopic (exact) mass is 381 g/mol. The normalized spacial score (nSPS) is 10.4. The van der Waals surface area contributed by atoms with Crippen LogP contribution in [-0.4, -0.2) is 21.6 Å². The summed E-state index contributed by atoms with van der Waals surface area (Å²) in [6.45, 7) is 3.00. The lowest BCUT2D eigenvalue weighted by Crippen LogP contribution is -2.14. The molecule has 27 heavy (non-hydrogen) atoms. The molecular weight excluding hydrogens is 366 g/mol. The number of nitro benzene ring substituents is 1. The molecule has 0 atom stereocenters. The zero-order valence-corrected chi connectivity index (χ0v) is 15.4. The molecule has 0 unspecified atom stereocenters. The lowest BCUT2D eigenvalue weighted by atomic mass is 10.1. The molecule has 0 radical (unpaired) electrons. The first-order valence-electron chi connectivity index (χ1n) is 8.01. The van der Waals surface area contributed by atoms with Crippen LogP contribution >= 0.6 is 11.3 Å². The molecule has 0 spiro atoms. The number of nitrogens with one attached hydrogen (secondary N) is 1. The summed E-state index contributed by atoms with van der Waals surface area (Å²) < 4.78 is 0. The van der Waals surface area contributed by atoms with E-state index in [1.54, 1.807) is 19.1 Å². The summed E-state index contributed by atoms with van der Waals surface area (Å²) in [6.07, 6.45) is 0. The SMILES string of the molecule is CC(=O)c1sc(NC(=O)c2cccc(C)c2[N+](=O)[O-])nc1-c1ccccc1. The van der Waals surface area contributed by atoms with Gasteiger partial charge in [0.2, 0.25) is 0 Å². The second-order valence-corrected chi connectivity index (χ2v) is 6.80. The van der Waals surface area contributed by atoms with Gasteiger partial charge in [0.15, 0.2) is 10.9 Å². The van der Waals surface area contributed by atoms with Gasteiger partial charge in [-0.3, -0.25) is 25.0 Å². The molecule has 0 aliphatic carbocycles. The number of amides is 1. The van der Waals surface area contributed by atoms with E-state index in [4.69, 9.17) is 0 Å². The minimum absolute atomic E-state index is 0.0548. The van der Waals surface area contributed by atoms with Gasteiger partial charge in [0.05, 0.1) is 15.5 Å². The molecule has 1 N–H and O–H groups in total. The van der Waals surface area contributed by atoms with E-state index in [0.29, 0.717) is 16.1 Å². The van der Waals surface area contributed by atoms with Crippen molar-refractivity contribution in [3.63, 3.8) is 0 Å². The Morgan fingerprint density at radius 3 is 2.44 bits per heavy atom. The number of rotatable bonds is 5. The molecule has 3 aromatic rings. The molecule has 0 fully saturated rings. The highest BCUT2D eigenvalue weighted by atomic mass is 32.1. The van der Waals surface area contributed by atoms with Gasteiger partial charge in [-0.05, 0) is 13.0 Å². The Morgan fingerprint density at radius 2 is 1.81 bits per heavy atom. The summed E-state index contributed by atoms with van der Waals surface area (Å²) in [6, 6.07) is 13.7. The van der Waals surface area contributed by atoms with E-state index in [9.17, 15) is 19.7 Å². The van der Waals surface area contributed by atoms with Crippen molar-refractivity contribution in [3.05, 3.63) is 74.6 Å². The maximum absolute atomic E-state index is 12.6. The molecule has 0 bridgehead atoms. The van der Waals surface area contributed by atoms with Gasteiger partial charge in [0.25, 0.3) is 11.6 Å². The highest BCUT2D eigenvalue weighted by Gasteiger charge is 2.24. The third-order valence-electron chi connectivity index (χ3n) is 3.88. The van der Waals surface area contributed by atoms with Crippen molar-refractivity contribution >= 4 is 33.8 Å². The molecule has 3 rings (SSSR count). The number of thiazole rings is 1. The number of carbonyl (C=O) groups excluding carboxylic acids is 2. The maximum atomic E-state index is 12.6. The Balaban J connectivity index is 1.98. The fraction of sp³-hybridized carbons (Fsp3) is 0.105. The number of ketones is 1. The minimum Gasteiger partial charge on any atom is -0.298 e. The average Bonchev–Trinajstić information content (AvgIpc) is 3.06. The zero-order valence-electron chi connectivity index (χ0n) is 14.6. The molecule has 0 aliphatic rings. The number of nitro groups is 1. The number of aryl methyl sites for hydroxylation is 1. The van der Waals surface area contributed by atoms with Gasteiger partial charge >= 0.3 is 0 Å². The van der Waals surface area contributed by atoms with E-state index < -0.39 is 10.8 Å². The van der Waals surface area contributed by atoms with Crippen LogP contribution in [0.4, 0.5) is 10.8 Å². The molecule has 8 heteroatoms. The standard InChI is InChI=1S/C19H15N3O4S/c1-11-7-6-10-14(16(11)22(25)26)18(24)21-19-20-15(17(27-19)12(2)23)13-8-4-3-5-9-13/h3-10H,1-2H3,(H,20,21,24). The smallest absolute Gasteiger partial charge is 0.285 e. The third-order valence-corrected chi connectivity index (χ3v) is 4.95. The van der Waals surface area contributed by atoms with Gasteiger partial charge in [-0.15, -0.1) is 0 Å². The Kier molecular flexibility index (Phi) is 5.09. The highest BCUT2D eigenvalue weighted by molar-refractivity contribution is 7.18. The molecule has 0 saturated carbocycles. The minimum atomic E-state index is -0.645. The van der Waals surface area contributed by atoms with E-state index >= 15 is 0 Å². The lowest BCUT2D eigenvalue weighted by molar-refractivity contribution is -0.385. The van der Waals surface area contributed by atoms with Crippen LogP contribution in [0.1, 0.15) is 32.5 Å². The fourth-order valence-electron chi connectivity index (χ4n) is 2.65. The van der Waals surface area contributed by atoms with Crippen molar-refractivity contribution in [2.75, 3.05) is 5.32 Å². The zero-order chi connectivity index (χ0) is 19.6. The predicted octanol–water partition coefficient (Wildman–Crippen LogP) is 4.48. The van der Waals surface area contributed by atoms with Crippen LogP contribution in [0.5, 0.6) is 0 Å². The molecule has 2 aromatic carbocycles. The summed E-state index contributed by atoms with van der Waals surface area (Å²) in [5, 5.41) is 14.1. The fourth-order valence-corrected chi connectivity index (χ4v) is 3.53. The van der Waals surface area contributed by atoms with E-state index in [-0.39, 0.29) is 22.2 Å². The third kappa shape index (κ3) is 3.75. The largest absolute Gasteiger partial charge is 0.298 e.